The van der Waals surface area contributed by atoms with Crippen LogP contribution in [0.1, 0.15) is 12.8 Å². The summed E-state index contributed by atoms with van der Waals surface area (Å²) in [7, 11) is 2.08. The van der Waals surface area contributed by atoms with Crippen molar-refractivity contribution in [3.8, 4) is 0 Å². The van der Waals surface area contributed by atoms with Gasteiger partial charge in [0.15, 0.2) is 0 Å². The molecule has 4 heteroatoms. The van der Waals surface area contributed by atoms with Crippen molar-refractivity contribution in [1.29, 1.82) is 0 Å². The maximum atomic E-state index is 10.5. The fraction of sp³-hybridized carbons (Fsp3) is 0.857. The number of alkyl halides is 1. The number of likely N-dealkylation sites (tertiary alicyclic amines) is 1. The summed E-state index contributed by atoms with van der Waals surface area (Å²) in [4.78, 5) is 12.8. The van der Waals surface area contributed by atoms with Crippen molar-refractivity contribution in [3.05, 3.63) is 0 Å². The Balaban J connectivity index is 0.000001000. The minimum absolute atomic E-state index is 0. The van der Waals surface area contributed by atoms with E-state index in [0.29, 0.717) is 0 Å². The Morgan fingerprint density at radius 1 is 1.45 bits per heavy atom. The summed E-state index contributed by atoms with van der Waals surface area (Å²) in [5.74, 6) is 0. The first-order valence-electron chi connectivity index (χ1n) is 3.50. The van der Waals surface area contributed by atoms with Gasteiger partial charge in [-0.2, -0.15) is 0 Å². The molecule has 0 aromatic rings. The summed E-state index contributed by atoms with van der Waals surface area (Å²) in [5, 5.41) is 0. The number of rotatable bonds is 1. The van der Waals surface area contributed by atoms with Gasteiger partial charge in [-0.3, -0.25) is 0 Å². The Morgan fingerprint density at radius 3 is 2.27 bits per heavy atom. The van der Waals surface area contributed by atoms with E-state index < -0.39 is 0 Å². The third-order valence-electron chi connectivity index (χ3n) is 2.03. The van der Waals surface area contributed by atoms with E-state index in [9.17, 15) is 4.79 Å². The zero-order valence-electron chi connectivity index (χ0n) is 6.55. The fourth-order valence-corrected chi connectivity index (χ4v) is 1.46. The molecule has 1 aliphatic rings. The number of carbonyl (C=O) groups is 1. The summed E-state index contributed by atoms with van der Waals surface area (Å²) in [6.07, 6.45) is 2.90. The van der Waals surface area contributed by atoms with Gasteiger partial charge in [0.1, 0.15) is 6.29 Å². The normalized spacial score (nSPS) is 23.8. The third kappa shape index (κ3) is 3.22. The Kier molecular flexibility index (Phi) is 4.82. The maximum absolute atomic E-state index is 10.5. The van der Waals surface area contributed by atoms with Crippen LogP contribution in [-0.4, -0.2) is 35.6 Å². The van der Waals surface area contributed by atoms with E-state index in [1.165, 1.54) is 0 Å². The first-order chi connectivity index (χ1) is 4.66. The number of halogens is 2. The zero-order chi connectivity index (χ0) is 7.61. The molecule has 0 unspecified atom stereocenters. The molecule has 0 saturated carbocycles. The van der Waals surface area contributed by atoms with Crippen LogP contribution in [0.3, 0.4) is 0 Å². The Hall–Kier alpha value is 0.590. The van der Waals surface area contributed by atoms with Gasteiger partial charge in [0, 0.05) is 0 Å². The molecule has 1 saturated heterocycles. The summed E-state index contributed by atoms with van der Waals surface area (Å²) >= 11 is 3.43. The van der Waals surface area contributed by atoms with Crippen molar-refractivity contribution in [1.82, 2.24) is 4.90 Å². The highest BCUT2D eigenvalue weighted by Crippen LogP contribution is 2.28. The topological polar surface area (TPSA) is 20.3 Å². The van der Waals surface area contributed by atoms with Gasteiger partial charge in [-0.1, -0.05) is 15.9 Å². The molecule has 66 valence electrons. The lowest BCUT2D eigenvalue weighted by Crippen LogP contribution is -2.39. The molecule has 1 heterocycles. The summed E-state index contributed by atoms with van der Waals surface area (Å²) in [6, 6.07) is 0. The van der Waals surface area contributed by atoms with Gasteiger partial charge in [0.2, 0.25) is 0 Å². The second-order valence-electron chi connectivity index (χ2n) is 2.96. The van der Waals surface area contributed by atoms with Crippen LogP contribution in [0, 0.1) is 0 Å². The Morgan fingerprint density at radius 2 is 1.91 bits per heavy atom. The van der Waals surface area contributed by atoms with Gasteiger partial charge in [0.05, 0.1) is 4.32 Å². The van der Waals surface area contributed by atoms with Crippen molar-refractivity contribution in [2.24, 2.45) is 0 Å². The van der Waals surface area contributed by atoms with E-state index in [4.69, 9.17) is 0 Å². The molecule has 1 rings (SSSR count). The second-order valence-corrected chi connectivity index (χ2v) is 4.54. The van der Waals surface area contributed by atoms with Crippen LogP contribution in [0.4, 0.5) is 0 Å². The quantitative estimate of drug-likeness (QED) is 0.539. The molecule has 0 aromatic heterocycles. The molecule has 0 radical (unpaired) electrons. The smallest absolute Gasteiger partial charge is 0.136 e. The first kappa shape index (κ1) is 11.6. The summed E-state index contributed by atoms with van der Waals surface area (Å²) in [5.41, 5.74) is 0. The maximum Gasteiger partial charge on any atom is 0.136 e. The van der Waals surface area contributed by atoms with Gasteiger partial charge in [-0.05, 0) is 33.0 Å². The molecule has 11 heavy (non-hydrogen) atoms. The van der Waals surface area contributed by atoms with Gasteiger partial charge in [0.25, 0.3) is 0 Å². The lowest BCUT2D eigenvalue weighted by molar-refractivity contribution is -0.110. The highest BCUT2D eigenvalue weighted by Gasteiger charge is 2.29. The molecule has 1 fully saturated rings. The summed E-state index contributed by atoms with van der Waals surface area (Å²) < 4.78 is -0.209. The van der Waals surface area contributed by atoms with Crippen LogP contribution in [0.25, 0.3) is 0 Å². The molecule has 0 atom stereocenters. The molecular formula is C7H13Br2NO. The van der Waals surface area contributed by atoms with E-state index in [1.54, 1.807) is 0 Å². The Bertz CT molecular complexity index is 132. The van der Waals surface area contributed by atoms with Gasteiger partial charge in [-0.25, -0.2) is 0 Å². The largest absolute Gasteiger partial charge is 0.306 e. The number of nitrogens with zero attached hydrogens (tertiary/aromatic N) is 1. The summed E-state index contributed by atoms with van der Waals surface area (Å²) in [6.45, 7) is 2.04. The van der Waals surface area contributed by atoms with Crippen LogP contribution in [0.15, 0.2) is 0 Å². The predicted octanol–water partition coefficient (Wildman–Crippen LogP) is 1.62. The first-order valence-corrected chi connectivity index (χ1v) is 4.29. The van der Waals surface area contributed by atoms with Crippen molar-refractivity contribution in [2.45, 2.75) is 17.2 Å². The molecule has 2 nitrogen and oxygen atoms in total. The third-order valence-corrected chi connectivity index (χ3v) is 3.01. The zero-order valence-corrected chi connectivity index (χ0v) is 9.85. The van der Waals surface area contributed by atoms with E-state index in [2.05, 4.69) is 27.9 Å². The highest BCUT2D eigenvalue weighted by molar-refractivity contribution is 9.10. The number of hydrogen-bond donors (Lipinski definition) is 0. The number of aldehydes is 1. The van der Waals surface area contributed by atoms with Crippen molar-refractivity contribution in [2.75, 3.05) is 20.1 Å². The molecular weight excluding hydrogens is 274 g/mol. The van der Waals surface area contributed by atoms with E-state index in [-0.39, 0.29) is 21.3 Å². The highest BCUT2D eigenvalue weighted by atomic mass is 79.9. The standard InChI is InChI=1S/C7H12BrNO.BrH/c1-9-4-2-7(8,6-10)3-5-9;/h6H,2-5H2,1H3;1H. The predicted molar refractivity (Wildman–Crippen MR) is 54.8 cm³/mol. The van der Waals surface area contributed by atoms with Crippen molar-refractivity contribution >= 4 is 39.2 Å². The van der Waals surface area contributed by atoms with Gasteiger partial charge < -0.3 is 9.69 Å². The second kappa shape index (κ2) is 4.58. The number of hydrogen-bond acceptors (Lipinski definition) is 2. The van der Waals surface area contributed by atoms with Gasteiger partial charge >= 0.3 is 0 Å². The molecule has 0 aliphatic carbocycles. The minimum Gasteiger partial charge on any atom is -0.306 e. The average Bonchev–Trinajstić information content (AvgIpc) is 1.96. The number of carbonyl (C=O) groups excluding carboxylic acids is 1. The van der Waals surface area contributed by atoms with Crippen LogP contribution < -0.4 is 0 Å². The average molecular weight is 287 g/mol. The monoisotopic (exact) mass is 285 g/mol. The fourth-order valence-electron chi connectivity index (χ4n) is 1.11. The minimum atomic E-state index is -0.209. The van der Waals surface area contributed by atoms with E-state index in [0.717, 1.165) is 32.2 Å². The molecule has 1 aliphatic heterocycles. The van der Waals surface area contributed by atoms with E-state index >= 15 is 0 Å². The SMILES string of the molecule is Br.CN1CCC(Br)(C=O)CC1. The lowest BCUT2D eigenvalue weighted by atomic mass is 9.99. The molecule has 0 spiro atoms. The molecule has 0 aromatic carbocycles. The molecule has 0 bridgehead atoms. The lowest BCUT2D eigenvalue weighted by Gasteiger charge is -2.31. The van der Waals surface area contributed by atoms with Crippen LogP contribution in [0.2, 0.25) is 0 Å². The van der Waals surface area contributed by atoms with Crippen LogP contribution >= 0.6 is 32.9 Å². The van der Waals surface area contributed by atoms with Crippen LogP contribution in [0.5, 0.6) is 0 Å². The molecule has 0 amide bonds. The van der Waals surface area contributed by atoms with Crippen LogP contribution in [-0.2, 0) is 4.79 Å². The number of piperidine rings is 1. The van der Waals surface area contributed by atoms with E-state index in [1.807, 2.05) is 0 Å². The molecule has 0 N–H and O–H groups in total. The van der Waals surface area contributed by atoms with Crippen molar-refractivity contribution < 1.29 is 4.79 Å². The Labute approximate surface area is 86.2 Å². The van der Waals surface area contributed by atoms with Crippen molar-refractivity contribution in [3.63, 3.8) is 0 Å². The van der Waals surface area contributed by atoms with Gasteiger partial charge in [-0.15, -0.1) is 17.0 Å².